The lowest BCUT2D eigenvalue weighted by Crippen LogP contribution is -2.41. The highest BCUT2D eigenvalue weighted by molar-refractivity contribution is 6.81. The molecule has 1 saturated heterocycles. The molecule has 0 amide bonds. The van der Waals surface area contributed by atoms with E-state index in [1.807, 2.05) is 42.5 Å². The van der Waals surface area contributed by atoms with Crippen molar-refractivity contribution >= 4 is 47.3 Å². The number of phenols is 1. The Balaban J connectivity index is 0.000000150. The molecule has 1 N–H and O–H groups in total. The molecule has 5 aromatic carbocycles. The zero-order chi connectivity index (χ0) is 32.2. The summed E-state index contributed by atoms with van der Waals surface area (Å²) in [7, 11) is 0. The molecule has 0 aromatic heterocycles. The number of phenolic OH excluding ortho intramolecular Hbond substituents is 1. The molecule has 1 fully saturated rings. The van der Waals surface area contributed by atoms with Crippen molar-refractivity contribution in [1.82, 2.24) is 4.90 Å². The largest absolute Gasteiger partial charge is 0.504 e. The fourth-order valence-electron chi connectivity index (χ4n) is 6.27. The summed E-state index contributed by atoms with van der Waals surface area (Å²) in [6.07, 6.45) is 0. The molecule has 0 unspecified atom stereocenters. The summed E-state index contributed by atoms with van der Waals surface area (Å²) in [4.78, 5) is 2.40. The van der Waals surface area contributed by atoms with Crippen LogP contribution in [0, 0.1) is 5.82 Å². The lowest BCUT2D eigenvalue weighted by molar-refractivity contribution is 0.0342. The predicted molar refractivity (Wildman–Crippen MR) is 185 cm³/mol. The molecule has 0 radical (unpaired) electrons. The highest BCUT2D eigenvalue weighted by Crippen LogP contribution is 2.32. The van der Waals surface area contributed by atoms with Gasteiger partial charge in [-0.3, -0.25) is 4.90 Å². The maximum absolute atomic E-state index is 13.3. The van der Waals surface area contributed by atoms with E-state index < -0.39 is 0 Å². The summed E-state index contributed by atoms with van der Waals surface area (Å²) in [5.74, 6) is 0.812. The van der Waals surface area contributed by atoms with Crippen molar-refractivity contribution in [3.63, 3.8) is 0 Å². The average molecular weight is 648 g/mol. The molecule has 5 aromatic rings. The number of hydrogen-bond acceptors (Lipinski definition) is 6. The standard InChI is InChI=1S/C19H14BClO3.C18H19BFNO2/c21-15-8-9-19(18(22)11-15)24-16-6-3-5-14(10-16)20-17-7-2-1-4-13(17)12-23-20;20-17-4-5-18-15(11-17)13-23-19(18)16-3-1-2-14(10-16)12-21-6-8-22-9-7-21/h1-11,22H,12H2;1-5,10-11H,6-9,12-13H2. The molecule has 47 heavy (non-hydrogen) atoms. The summed E-state index contributed by atoms with van der Waals surface area (Å²) in [6.45, 7) is 5.42. The first-order chi connectivity index (χ1) is 23.0. The molecule has 0 bridgehead atoms. The monoisotopic (exact) mass is 647 g/mol. The Morgan fingerprint density at radius 3 is 2.28 bits per heavy atom. The molecular weight excluding hydrogens is 614 g/mol. The number of rotatable bonds is 6. The second kappa shape index (κ2) is 14.3. The first-order valence-electron chi connectivity index (χ1n) is 15.7. The van der Waals surface area contributed by atoms with E-state index in [0.29, 0.717) is 29.7 Å². The molecule has 0 atom stereocenters. The van der Waals surface area contributed by atoms with E-state index in [2.05, 4.69) is 41.3 Å². The van der Waals surface area contributed by atoms with Crippen LogP contribution in [0.25, 0.3) is 0 Å². The van der Waals surface area contributed by atoms with Gasteiger partial charge in [-0.15, -0.1) is 0 Å². The zero-order valence-corrected chi connectivity index (χ0v) is 26.5. The van der Waals surface area contributed by atoms with E-state index in [0.717, 1.165) is 54.8 Å². The van der Waals surface area contributed by atoms with Crippen LogP contribution in [0.15, 0.2) is 109 Å². The SMILES string of the molecule is Fc1ccc2c(c1)COB2c1cccc(CN2CCOCC2)c1.Oc1cc(Cl)ccc1Oc1cccc(B2OCc3ccccc32)c1. The van der Waals surface area contributed by atoms with E-state index in [4.69, 9.17) is 30.4 Å². The Morgan fingerprint density at radius 1 is 0.745 bits per heavy atom. The number of nitrogens with zero attached hydrogens (tertiary/aromatic N) is 1. The summed E-state index contributed by atoms with van der Waals surface area (Å²) < 4.78 is 36.4. The summed E-state index contributed by atoms with van der Waals surface area (Å²) in [6, 6.07) is 34.2. The first kappa shape index (κ1) is 31.5. The van der Waals surface area contributed by atoms with Crippen LogP contribution < -0.4 is 26.6 Å². The Labute approximate surface area is 279 Å². The maximum Gasteiger partial charge on any atom is 0.362 e. The van der Waals surface area contributed by atoms with Gasteiger partial charge < -0.3 is 23.9 Å². The highest BCUT2D eigenvalue weighted by atomic mass is 35.5. The van der Waals surface area contributed by atoms with Crippen molar-refractivity contribution in [2.24, 2.45) is 0 Å². The second-order valence-electron chi connectivity index (χ2n) is 11.8. The summed E-state index contributed by atoms with van der Waals surface area (Å²) in [5, 5.41) is 10.4. The Morgan fingerprint density at radius 2 is 1.47 bits per heavy atom. The minimum Gasteiger partial charge on any atom is -0.504 e. The number of hydrogen-bond donors (Lipinski definition) is 1. The van der Waals surface area contributed by atoms with E-state index in [-0.39, 0.29) is 25.4 Å². The van der Waals surface area contributed by atoms with Gasteiger partial charge in [-0.2, -0.15) is 0 Å². The molecule has 8 rings (SSSR count). The third-order valence-electron chi connectivity index (χ3n) is 8.61. The first-order valence-corrected chi connectivity index (χ1v) is 16.1. The molecule has 3 aliphatic rings. The van der Waals surface area contributed by atoms with Gasteiger partial charge in [0.1, 0.15) is 11.6 Å². The van der Waals surface area contributed by atoms with Crippen LogP contribution in [0.2, 0.25) is 5.02 Å². The minimum absolute atomic E-state index is 0.00960. The maximum atomic E-state index is 13.3. The molecule has 10 heteroatoms. The number of ether oxygens (including phenoxy) is 2. The minimum atomic E-state index is -0.200. The Hall–Kier alpha value is -4.11. The van der Waals surface area contributed by atoms with E-state index in [1.54, 1.807) is 18.2 Å². The van der Waals surface area contributed by atoms with Crippen molar-refractivity contribution < 1.29 is 28.3 Å². The molecule has 6 nitrogen and oxygen atoms in total. The number of aromatic hydroxyl groups is 1. The van der Waals surface area contributed by atoms with Crippen molar-refractivity contribution in [2.75, 3.05) is 26.3 Å². The van der Waals surface area contributed by atoms with Crippen LogP contribution in [-0.4, -0.2) is 50.1 Å². The average Bonchev–Trinajstić information content (AvgIpc) is 3.72. The van der Waals surface area contributed by atoms with Gasteiger partial charge in [-0.25, -0.2) is 4.39 Å². The zero-order valence-electron chi connectivity index (χ0n) is 25.8. The topological polar surface area (TPSA) is 60.4 Å². The van der Waals surface area contributed by atoms with Gasteiger partial charge in [0.25, 0.3) is 0 Å². The van der Waals surface area contributed by atoms with Crippen LogP contribution in [0.1, 0.15) is 16.7 Å². The van der Waals surface area contributed by atoms with Gasteiger partial charge in [-0.1, -0.05) is 78.3 Å². The van der Waals surface area contributed by atoms with Crippen LogP contribution in [0.5, 0.6) is 17.2 Å². The smallest absolute Gasteiger partial charge is 0.362 e. The molecule has 3 heterocycles. The fraction of sp³-hybridized carbons (Fsp3) is 0.189. The number of benzene rings is 5. The molecule has 0 spiro atoms. The second-order valence-corrected chi connectivity index (χ2v) is 12.3. The third kappa shape index (κ3) is 7.40. The van der Waals surface area contributed by atoms with E-state index in [9.17, 15) is 9.50 Å². The molecule has 3 aliphatic heterocycles. The van der Waals surface area contributed by atoms with E-state index >= 15 is 0 Å². The van der Waals surface area contributed by atoms with Crippen molar-refractivity contribution in [2.45, 2.75) is 19.8 Å². The van der Waals surface area contributed by atoms with Crippen LogP contribution in [0.3, 0.4) is 0 Å². The number of fused-ring (bicyclic) bond motifs is 2. The van der Waals surface area contributed by atoms with Gasteiger partial charge in [-0.05, 0) is 74.9 Å². The fourth-order valence-corrected chi connectivity index (χ4v) is 6.44. The number of morpholine rings is 1. The molecular formula is C37H33B2ClFNO5. The molecule has 0 aliphatic carbocycles. The molecule has 0 saturated carbocycles. The lowest BCUT2D eigenvalue weighted by Gasteiger charge is -2.26. The van der Waals surface area contributed by atoms with Gasteiger partial charge in [0, 0.05) is 30.7 Å². The van der Waals surface area contributed by atoms with Crippen molar-refractivity contribution in [3.8, 4) is 17.2 Å². The van der Waals surface area contributed by atoms with Crippen LogP contribution in [0.4, 0.5) is 4.39 Å². The summed E-state index contributed by atoms with van der Waals surface area (Å²) >= 11 is 5.85. The Bertz CT molecular complexity index is 1870. The lowest BCUT2D eigenvalue weighted by atomic mass is 9.55. The van der Waals surface area contributed by atoms with E-state index in [1.165, 1.54) is 28.7 Å². The van der Waals surface area contributed by atoms with Crippen molar-refractivity contribution in [3.05, 3.63) is 137 Å². The molecule has 236 valence electrons. The van der Waals surface area contributed by atoms with Gasteiger partial charge in [0.2, 0.25) is 0 Å². The summed E-state index contributed by atoms with van der Waals surface area (Å²) in [5.41, 5.74) is 7.87. The van der Waals surface area contributed by atoms with Gasteiger partial charge in [0.15, 0.2) is 11.5 Å². The van der Waals surface area contributed by atoms with Gasteiger partial charge >= 0.3 is 13.8 Å². The van der Waals surface area contributed by atoms with Crippen LogP contribution >= 0.6 is 11.6 Å². The highest BCUT2D eigenvalue weighted by Gasteiger charge is 2.31. The van der Waals surface area contributed by atoms with Crippen LogP contribution in [-0.2, 0) is 33.8 Å². The normalized spacial score (nSPS) is 15.5. The van der Waals surface area contributed by atoms with Crippen molar-refractivity contribution in [1.29, 1.82) is 0 Å². The third-order valence-corrected chi connectivity index (χ3v) is 8.84. The quantitative estimate of drug-likeness (QED) is 0.268. The predicted octanol–water partition coefficient (Wildman–Crippen LogP) is 4.77. The Kier molecular flexibility index (Phi) is 9.61. The van der Waals surface area contributed by atoms with Gasteiger partial charge in [0.05, 0.1) is 26.4 Å². The number of halogens is 2.